The normalized spacial score (nSPS) is 12.7. The van der Waals surface area contributed by atoms with E-state index in [1.54, 1.807) is 0 Å². The molecular formula is C29H42N2O2. The number of carbonyl (C=O) groups is 2. The van der Waals surface area contributed by atoms with E-state index < -0.39 is 0 Å². The van der Waals surface area contributed by atoms with Crippen LogP contribution < -0.4 is 10.6 Å². The molecule has 0 spiro atoms. The molecule has 2 unspecified atom stereocenters. The van der Waals surface area contributed by atoms with Crippen molar-refractivity contribution in [3.8, 4) is 0 Å². The van der Waals surface area contributed by atoms with E-state index in [1.165, 1.54) is 11.1 Å². The molecule has 2 aromatic carbocycles. The highest BCUT2D eigenvalue weighted by atomic mass is 16.2. The predicted octanol–water partition coefficient (Wildman–Crippen LogP) is 7.59. The highest BCUT2D eigenvalue weighted by Crippen LogP contribution is 2.20. The molecule has 0 bridgehead atoms. The molecule has 0 saturated heterocycles. The fourth-order valence-corrected chi connectivity index (χ4v) is 4.08. The van der Waals surface area contributed by atoms with Crippen LogP contribution >= 0.6 is 0 Å². The Morgan fingerprint density at radius 3 is 1.30 bits per heavy atom. The smallest absolute Gasteiger partial charge is 0.227 e. The fraction of sp³-hybridized carbons (Fsp3) is 0.517. The Balaban J connectivity index is 1.89. The van der Waals surface area contributed by atoms with Gasteiger partial charge in [0, 0.05) is 23.2 Å². The first-order valence-corrected chi connectivity index (χ1v) is 12.8. The van der Waals surface area contributed by atoms with Gasteiger partial charge in [0.2, 0.25) is 11.8 Å². The van der Waals surface area contributed by atoms with Gasteiger partial charge in [0.05, 0.1) is 0 Å². The van der Waals surface area contributed by atoms with Gasteiger partial charge in [-0.15, -0.1) is 0 Å². The molecule has 0 aliphatic heterocycles. The largest absolute Gasteiger partial charge is 0.326 e. The van der Waals surface area contributed by atoms with Crippen molar-refractivity contribution in [1.29, 1.82) is 0 Å². The molecule has 0 fully saturated rings. The molecule has 2 rings (SSSR count). The van der Waals surface area contributed by atoms with Crippen molar-refractivity contribution in [3.63, 3.8) is 0 Å². The monoisotopic (exact) mass is 450 g/mol. The van der Waals surface area contributed by atoms with Crippen molar-refractivity contribution >= 4 is 23.2 Å². The third-order valence-corrected chi connectivity index (χ3v) is 6.39. The van der Waals surface area contributed by atoms with E-state index >= 15 is 0 Å². The Morgan fingerprint density at radius 1 is 0.636 bits per heavy atom. The van der Waals surface area contributed by atoms with Crippen LogP contribution in [0.4, 0.5) is 11.4 Å². The molecule has 4 nitrogen and oxygen atoms in total. The molecule has 2 amide bonds. The summed E-state index contributed by atoms with van der Waals surface area (Å²) in [7, 11) is 0. The molecule has 0 heterocycles. The zero-order valence-corrected chi connectivity index (χ0v) is 21.0. The van der Waals surface area contributed by atoms with Gasteiger partial charge in [-0.05, 0) is 67.5 Å². The zero-order chi connectivity index (χ0) is 24.1. The van der Waals surface area contributed by atoms with Gasteiger partial charge in [0.1, 0.15) is 0 Å². The number of unbranched alkanes of at least 4 members (excludes halogenated alkanes) is 2. The number of hydrogen-bond acceptors (Lipinski definition) is 2. The summed E-state index contributed by atoms with van der Waals surface area (Å²) >= 11 is 0. The second kappa shape index (κ2) is 14.5. The summed E-state index contributed by atoms with van der Waals surface area (Å²) in [4.78, 5) is 25.0. The molecule has 0 aliphatic carbocycles. The van der Waals surface area contributed by atoms with Crippen LogP contribution in [0.2, 0.25) is 0 Å². The first-order chi connectivity index (χ1) is 16.0. The Hall–Kier alpha value is -2.62. The Morgan fingerprint density at radius 2 is 1.00 bits per heavy atom. The van der Waals surface area contributed by atoms with Crippen LogP contribution in [0.5, 0.6) is 0 Å². The molecule has 2 aromatic rings. The van der Waals surface area contributed by atoms with Gasteiger partial charge in [-0.3, -0.25) is 9.59 Å². The third kappa shape index (κ3) is 9.03. The Kier molecular flexibility index (Phi) is 11.7. The van der Waals surface area contributed by atoms with E-state index in [0.29, 0.717) is 0 Å². The standard InChI is InChI=1S/C29H42N2O2/c1-5-9-11-24(7-3)28(32)30-26-17-13-22(14-18-26)21-23-15-19-27(20-16-23)31-29(33)25(8-4)12-10-6-2/h13-20,24-25H,5-12,21H2,1-4H3,(H,30,32)(H,31,33). The van der Waals surface area contributed by atoms with E-state index in [2.05, 4.69) is 62.6 Å². The maximum atomic E-state index is 12.5. The summed E-state index contributed by atoms with van der Waals surface area (Å²) < 4.78 is 0. The van der Waals surface area contributed by atoms with Crippen molar-refractivity contribution in [2.24, 2.45) is 11.8 Å². The number of benzene rings is 2. The Labute approximate surface area is 200 Å². The minimum Gasteiger partial charge on any atom is -0.326 e. The first-order valence-electron chi connectivity index (χ1n) is 12.8. The van der Waals surface area contributed by atoms with Crippen LogP contribution in [0.1, 0.15) is 90.2 Å². The van der Waals surface area contributed by atoms with Gasteiger partial charge < -0.3 is 10.6 Å². The summed E-state index contributed by atoms with van der Waals surface area (Å²) in [6.07, 6.45) is 8.86. The second-order valence-electron chi connectivity index (χ2n) is 9.04. The highest BCUT2D eigenvalue weighted by molar-refractivity contribution is 5.93. The molecule has 2 atom stereocenters. The molecular weight excluding hydrogens is 408 g/mol. The second-order valence-corrected chi connectivity index (χ2v) is 9.04. The molecule has 4 heteroatoms. The average molecular weight is 451 g/mol. The molecule has 0 radical (unpaired) electrons. The summed E-state index contributed by atoms with van der Waals surface area (Å²) in [5.74, 6) is 0.415. The lowest BCUT2D eigenvalue weighted by atomic mass is 9.98. The SMILES string of the molecule is CCCCC(CC)C(=O)Nc1ccc(Cc2ccc(NC(=O)C(CC)CCCC)cc2)cc1. The van der Waals surface area contributed by atoms with Crippen LogP contribution in [-0.4, -0.2) is 11.8 Å². The van der Waals surface area contributed by atoms with Crippen LogP contribution in [-0.2, 0) is 16.0 Å². The minimum atomic E-state index is 0.0860. The first kappa shape index (κ1) is 26.6. The average Bonchev–Trinajstić information content (AvgIpc) is 2.82. The Bertz CT molecular complexity index is 771. The van der Waals surface area contributed by atoms with Gasteiger partial charge >= 0.3 is 0 Å². The van der Waals surface area contributed by atoms with E-state index in [4.69, 9.17) is 0 Å². The molecule has 33 heavy (non-hydrogen) atoms. The molecule has 0 aromatic heterocycles. The van der Waals surface area contributed by atoms with Crippen LogP contribution in [0.3, 0.4) is 0 Å². The summed E-state index contributed by atoms with van der Waals surface area (Å²) in [5.41, 5.74) is 4.08. The highest BCUT2D eigenvalue weighted by Gasteiger charge is 2.16. The van der Waals surface area contributed by atoms with Crippen LogP contribution in [0.15, 0.2) is 48.5 Å². The number of nitrogens with one attached hydrogen (secondary N) is 2. The molecule has 0 aliphatic rings. The molecule has 0 saturated carbocycles. The van der Waals surface area contributed by atoms with Crippen molar-refractivity contribution in [3.05, 3.63) is 59.7 Å². The summed E-state index contributed by atoms with van der Waals surface area (Å²) in [6, 6.07) is 16.2. The van der Waals surface area contributed by atoms with E-state index in [-0.39, 0.29) is 23.7 Å². The van der Waals surface area contributed by atoms with Crippen LogP contribution in [0, 0.1) is 11.8 Å². The third-order valence-electron chi connectivity index (χ3n) is 6.39. The van der Waals surface area contributed by atoms with Gasteiger partial charge in [0.15, 0.2) is 0 Å². The molecule has 180 valence electrons. The number of hydrogen-bond donors (Lipinski definition) is 2. The van der Waals surface area contributed by atoms with Gasteiger partial charge in [-0.25, -0.2) is 0 Å². The zero-order valence-electron chi connectivity index (χ0n) is 21.0. The van der Waals surface area contributed by atoms with Crippen molar-refractivity contribution in [2.45, 2.75) is 85.5 Å². The van der Waals surface area contributed by atoms with Crippen molar-refractivity contribution in [1.82, 2.24) is 0 Å². The van der Waals surface area contributed by atoms with Crippen molar-refractivity contribution < 1.29 is 9.59 Å². The number of rotatable bonds is 14. The van der Waals surface area contributed by atoms with Crippen molar-refractivity contribution in [2.75, 3.05) is 10.6 Å². The van der Waals surface area contributed by atoms with Gasteiger partial charge in [-0.1, -0.05) is 77.6 Å². The maximum absolute atomic E-state index is 12.5. The van der Waals surface area contributed by atoms with E-state index in [1.807, 2.05) is 24.3 Å². The molecule has 2 N–H and O–H groups in total. The number of amides is 2. The van der Waals surface area contributed by atoms with Gasteiger partial charge in [0.25, 0.3) is 0 Å². The minimum absolute atomic E-state index is 0.0860. The predicted molar refractivity (Wildman–Crippen MR) is 140 cm³/mol. The summed E-state index contributed by atoms with van der Waals surface area (Å²) in [6.45, 7) is 8.47. The summed E-state index contributed by atoms with van der Waals surface area (Å²) in [5, 5.41) is 6.13. The number of carbonyl (C=O) groups excluding carboxylic acids is 2. The number of anilines is 2. The lowest BCUT2D eigenvalue weighted by Gasteiger charge is -2.15. The lowest BCUT2D eigenvalue weighted by Crippen LogP contribution is -2.22. The van der Waals surface area contributed by atoms with Gasteiger partial charge in [-0.2, -0.15) is 0 Å². The lowest BCUT2D eigenvalue weighted by molar-refractivity contribution is -0.121. The topological polar surface area (TPSA) is 58.2 Å². The quantitative estimate of drug-likeness (QED) is 0.311. The van der Waals surface area contributed by atoms with E-state index in [9.17, 15) is 9.59 Å². The van der Waals surface area contributed by atoms with E-state index in [0.717, 1.165) is 69.2 Å². The maximum Gasteiger partial charge on any atom is 0.227 e. The fourth-order valence-electron chi connectivity index (χ4n) is 4.08. The van der Waals surface area contributed by atoms with Crippen LogP contribution in [0.25, 0.3) is 0 Å².